The molecule has 4 heteroatoms. The highest BCUT2D eigenvalue weighted by Gasteiger charge is 2.08. The van der Waals surface area contributed by atoms with Crippen molar-refractivity contribution in [1.82, 2.24) is 0 Å². The summed E-state index contributed by atoms with van der Waals surface area (Å²) in [6.45, 7) is 4.17. The van der Waals surface area contributed by atoms with Crippen LogP contribution >= 0.6 is 0 Å². The zero-order valence-electron chi connectivity index (χ0n) is 14.4. The van der Waals surface area contributed by atoms with Crippen LogP contribution < -0.4 is 0 Å². The highest BCUT2D eigenvalue weighted by atomic mass is 16.5. The lowest BCUT2D eigenvalue weighted by molar-refractivity contribution is -0.148. The van der Waals surface area contributed by atoms with Gasteiger partial charge in [-0.05, 0) is 32.6 Å². The molecule has 0 saturated carbocycles. The molecule has 0 rings (SSSR count). The Morgan fingerprint density at radius 1 is 0.864 bits per heavy atom. The van der Waals surface area contributed by atoms with Crippen molar-refractivity contribution in [2.24, 2.45) is 0 Å². The maximum absolute atomic E-state index is 11.7. The average Bonchev–Trinajstić information content (AvgIpc) is 2.46. The number of rotatable bonds is 15. The molecule has 0 aromatic rings. The summed E-state index contributed by atoms with van der Waals surface area (Å²) >= 11 is 0. The predicted molar refractivity (Wildman–Crippen MR) is 88.9 cm³/mol. The minimum absolute atomic E-state index is 0.0420. The van der Waals surface area contributed by atoms with Crippen LogP contribution in [0.4, 0.5) is 0 Å². The van der Waals surface area contributed by atoms with E-state index in [1.807, 2.05) is 6.92 Å². The van der Waals surface area contributed by atoms with E-state index < -0.39 is 5.97 Å². The Morgan fingerprint density at radius 2 is 1.41 bits per heavy atom. The van der Waals surface area contributed by atoms with Crippen molar-refractivity contribution in [3.8, 4) is 0 Å². The number of unbranched alkanes of at least 4 members (excludes halogenated alkanes) is 8. The van der Waals surface area contributed by atoms with Crippen LogP contribution in [0.15, 0.2) is 0 Å². The summed E-state index contributed by atoms with van der Waals surface area (Å²) in [5.41, 5.74) is 0. The number of carboxylic acids is 1. The molecule has 22 heavy (non-hydrogen) atoms. The fourth-order valence-electron chi connectivity index (χ4n) is 2.45. The van der Waals surface area contributed by atoms with Gasteiger partial charge in [-0.25, -0.2) is 0 Å². The van der Waals surface area contributed by atoms with E-state index >= 15 is 0 Å². The van der Waals surface area contributed by atoms with Crippen molar-refractivity contribution < 1.29 is 19.4 Å². The maximum atomic E-state index is 11.7. The fourth-order valence-corrected chi connectivity index (χ4v) is 2.45. The van der Waals surface area contributed by atoms with Gasteiger partial charge in [0.25, 0.3) is 0 Å². The molecule has 0 aliphatic rings. The summed E-state index contributed by atoms with van der Waals surface area (Å²) in [4.78, 5) is 22.0. The molecule has 0 fully saturated rings. The molecule has 0 aliphatic carbocycles. The second kappa shape index (κ2) is 14.9. The van der Waals surface area contributed by atoms with Crippen LogP contribution in [0, 0.1) is 0 Å². The van der Waals surface area contributed by atoms with Crippen molar-refractivity contribution in [3.63, 3.8) is 0 Å². The fraction of sp³-hybridized carbons (Fsp3) is 0.889. The quantitative estimate of drug-likeness (QED) is 0.337. The monoisotopic (exact) mass is 314 g/mol. The van der Waals surface area contributed by atoms with Gasteiger partial charge in [-0.1, -0.05) is 51.9 Å². The summed E-state index contributed by atoms with van der Waals surface area (Å²) in [6, 6.07) is 0. The summed E-state index contributed by atoms with van der Waals surface area (Å²) in [7, 11) is 0. The molecule has 0 aromatic carbocycles. The Kier molecular flexibility index (Phi) is 14.1. The molecular weight excluding hydrogens is 280 g/mol. The zero-order chi connectivity index (χ0) is 16.6. The van der Waals surface area contributed by atoms with E-state index in [1.54, 1.807) is 0 Å². The number of carbonyl (C=O) groups is 2. The van der Waals surface area contributed by atoms with Gasteiger partial charge in [0.2, 0.25) is 0 Å². The van der Waals surface area contributed by atoms with E-state index in [1.165, 1.54) is 19.3 Å². The number of hydrogen-bond donors (Lipinski definition) is 1. The number of esters is 1. The molecule has 0 aliphatic heterocycles. The molecule has 130 valence electrons. The van der Waals surface area contributed by atoms with E-state index in [-0.39, 0.29) is 18.5 Å². The molecule has 1 atom stereocenters. The first-order valence-corrected chi connectivity index (χ1v) is 8.97. The third-order valence-corrected chi connectivity index (χ3v) is 3.82. The summed E-state index contributed by atoms with van der Waals surface area (Å²) in [5.74, 6) is -0.791. The van der Waals surface area contributed by atoms with Crippen LogP contribution in [0.3, 0.4) is 0 Å². The number of ether oxygens (including phenoxy) is 1. The van der Waals surface area contributed by atoms with Gasteiger partial charge in [-0.3, -0.25) is 9.59 Å². The molecule has 0 radical (unpaired) electrons. The van der Waals surface area contributed by atoms with Gasteiger partial charge in [-0.15, -0.1) is 0 Å². The molecule has 0 heterocycles. The summed E-state index contributed by atoms with van der Waals surface area (Å²) in [6.07, 6.45) is 12.4. The number of aliphatic carboxylic acids is 1. The van der Waals surface area contributed by atoms with Gasteiger partial charge in [0, 0.05) is 12.8 Å². The lowest BCUT2D eigenvalue weighted by Gasteiger charge is -2.13. The van der Waals surface area contributed by atoms with E-state index in [0.29, 0.717) is 6.42 Å². The van der Waals surface area contributed by atoms with Gasteiger partial charge < -0.3 is 9.84 Å². The van der Waals surface area contributed by atoms with Crippen LogP contribution in [0.5, 0.6) is 0 Å². The van der Waals surface area contributed by atoms with Crippen LogP contribution in [0.25, 0.3) is 0 Å². The van der Waals surface area contributed by atoms with Crippen molar-refractivity contribution in [1.29, 1.82) is 0 Å². The first kappa shape index (κ1) is 20.9. The van der Waals surface area contributed by atoms with Crippen LogP contribution in [-0.4, -0.2) is 23.1 Å². The van der Waals surface area contributed by atoms with Gasteiger partial charge >= 0.3 is 11.9 Å². The van der Waals surface area contributed by atoms with Gasteiger partial charge in [0.05, 0.1) is 6.10 Å². The van der Waals surface area contributed by atoms with Gasteiger partial charge in [-0.2, -0.15) is 0 Å². The van der Waals surface area contributed by atoms with Crippen molar-refractivity contribution in [2.75, 3.05) is 0 Å². The lowest BCUT2D eigenvalue weighted by atomic mass is 10.1. The first-order valence-electron chi connectivity index (χ1n) is 8.97. The van der Waals surface area contributed by atoms with Crippen LogP contribution in [-0.2, 0) is 14.3 Å². The van der Waals surface area contributed by atoms with Gasteiger partial charge in [0.1, 0.15) is 0 Å². The average molecular weight is 314 g/mol. The second-order valence-corrected chi connectivity index (χ2v) is 6.16. The number of hydrogen-bond acceptors (Lipinski definition) is 3. The molecule has 1 N–H and O–H groups in total. The molecular formula is C18H34O4. The zero-order valence-corrected chi connectivity index (χ0v) is 14.4. The maximum Gasteiger partial charge on any atom is 0.306 e. The Hall–Kier alpha value is -1.06. The predicted octanol–water partition coefficient (Wildman–Crippen LogP) is 5.09. The Labute approximate surface area is 135 Å². The highest BCUT2D eigenvalue weighted by Crippen LogP contribution is 2.11. The Bertz CT molecular complexity index is 289. The number of carboxylic acid groups (broad SMARTS) is 1. The standard InChI is InChI=1S/C18H34O4/c1-3-4-5-10-13-16(2)22-18(21)15-12-9-7-6-8-11-14-17(19)20/h16H,3-15H2,1-2H3,(H,19,20). The first-order chi connectivity index (χ1) is 10.6. The number of carbonyl (C=O) groups excluding carboxylic acids is 1. The molecule has 0 bridgehead atoms. The molecule has 4 nitrogen and oxygen atoms in total. The minimum Gasteiger partial charge on any atom is -0.481 e. The Morgan fingerprint density at radius 3 is 2.00 bits per heavy atom. The molecule has 1 unspecified atom stereocenters. The molecule has 0 aromatic heterocycles. The van der Waals surface area contributed by atoms with Crippen molar-refractivity contribution in [3.05, 3.63) is 0 Å². The van der Waals surface area contributed by atoms with E-state index in [4.69, 9.17) is 9.84 Å². The van der Waals surface area contributed by atoms with E-state index in [0.717, 1.165) is 51.4 Å². The van der Waals surface area contributed by atoms with E-state index in [9.17, 15) is 9.59 Å². The molecule has 0 saturated heterocycles. The van der Waals surface area contributed by atoms with Crippen molar-refractivity contribution >= 4 is 11.9 Å². The lowest BCUT2D eigenvalue weighted by Crippen LogP contribution is -2.14. The van der Waals surface area contributed by atoms with Crippen LogP contribution in [0.2, 0.25) is 0 Å². The molecule has 0 amide bonds. The Balaban J connectivity index is 3.36. The SMILES string of the molecule is CCCCCCC(C)OC(=O)CCCCCCCCC(=O)O. The third kappa shape index (κ3) is 15.3. The smallest absolute Gasteiger partial charge is 0.306 e. The summed E-state index contributed by atoms with van der Waals surface area (Å²) < 4.78 is 5.40. The van der Waals surface area contributed by atoms with Crippen molar-refractivity contribution in [2.45, 2.75) is 103 Å². The highest BCUT2D eigenvalue weighted by molar-refractivity contribution is 5.69. The topological polar surface area (TPSA) is 63.6 Å². The second-order valence-electron chi connectivity index (χ2n) is 6.16. The minimum atomic E-state index is -0.716. The normalized spacial score (nSPS) is 12.1. The van der Waals surface area contributed by atoms with E-state index in [2.05, 4.69) is 6.92 Å². The van der Waals surface area contributed by atoms with Gasteiger partial charge in [0.15, 0.2) is 0 Å². The van der Waals surface area contributed by atoms with Crippen LogP contribution in [0.1, 0.15) is 97.3 Å². The summed E-state index contributed by atoms with van der Waals surface area (Å²) in [5, 5.41) is 8.52. The third-order valence-electron chi connectivity index (χ3n) is 3.82. The molecule has 0 spiro atoms. The largest absolute Gasteiger partial charge is 0.481 e.